The van der Waals surface area contributed by atoms with Crippen LogP contribution in [0.25, 0.3) is 0 Å². The molecule has 1 aliphatic rings. The molecule has 20 heavy (non-hydrogen) atoms. The largest absolute Gasteiger partial charge is 0.480 e. The smallest absolute Gasteiger partial charge is 0.326 e. The quantitative estimate of drug-likeness (QED) is 0.675. The van der Waals surface area contributed by atoms with E-state index in [1.807, 2.05) is 25.6 Å². The van der Waals surface area contributed by atoms with Crippen molar-refractivity contribution in [3.63, 3.8) is 0 Å². The van der Waals surface area contributed by atoms with Crippen molar-refractivity contribution >= 4 is 23.8 Å². The molecule has 1 saturated carbocycles. The summed E-state index contributed by atoms with van der Waals surface area (Å²) in [6, 6.07) is -1.01. The Morgan fingerprint density at radius 1 is 1.35 bits per heavy atom. The van der Waals surface area contributed by atoms with Gasteiger partial charge in [0.1, 0.15) is 6.04 Å². The van der Waals surface area contributed by atoms with Crippen LogP contribution in [0.1, 0.15) is 46.5 Å². The highest BCUT2D eigenvalue weighted by Gasteiger charge is 2.29. The van der Waals surface area contributed by atoms with Gasteiger partial charge < -0.3 is 15.7 Å². The summed E-state index contributed by atoms with van der Waals surface area (Å²) in [5.74, 6) is 0.293. The lowest BCUT2D eigenvalue weighted by atomic mass is 10.0. The first-order valence-electron chi connectivity index (χ1n) is 7.35. The second kappa shape index (κ2) is 8.39. The zero-order chi connectivity index (χ0) is 15.1. The van der Waals surface area contributed by atoms with E-state index in [2.05, 4.69) is 17.6 Å². The molecule has 6 heteroatoms. The molecule has 0 saturated heterocycles. The van der Waals surface area contributed by atoms with Gasteiger partial charge in [0.25, 0.3) is 0 Å². The van der Waals surface area contributed by atoms with Gasteiger partial charge in [-0.15, -0.1) is 0 Å². The van der Waals surface area contributed by atoms with Crippen molar-refractivity contribution in [3.8, 4) is 0 Å². The Balaban J connectivity index is 2.46. The van der Waals surface area contributed by atoms with Gasteiger partial charge in [-0.2, -0.15) is 11.8 Å². The number of nitrogens with one attached hydrogen (secondary N) is 2. The first kappa shape index (κ1) is 17.1. The summed E-state index contributed by atoms with van der Waals surface area (Å²) in [7, 11) is 0. The summed E-state index contributed by atoms with van der Waals surface area (Å²) in [6.07, 6.45) is 3.67. The van der Waals surface area contributed by atoms with E-state index in [1.165, 1.54) is 0 Å². The minimum absolute atomic E-state index is 0.161. The first-order valence-corrected chi connectivity index (χ1v) is 8.40. The number of carbonyl (C=O) groups is 2. The molecule has 0 spiro atoms. The molecule has 0 radical (unpaired) electrons. The van der Waals surface area contributed by atoms with Crippen LogP contribution in [0.4, 0.5) is 4.79 Å². The highest BCUT2D eigenvalue weighted by molar-refractivity contribution is 7.99. The summed E-state index contributed by atoms with van der Waals surface area (Å²) in [5.41, 5.74) is 0. The molecule has 1 aliphatic carbocycles. The third-order valence-electron chi connectivity index (χ3n) is 3.46. The molecule has 0 aromatic heterocycles. The molecular formula is C14H26N2O3S. The van der Waals surface area contributed by atoms with Crippen LogP contribution in [0, 0.1) is 5.92 Å². The molecular weight excluding hydrogens is 276 g/mol. The Labute approximate surface area is 125 Å². The minimum atomic E-state index is -0.972. The summed E-state index contributed by atoms with van der Waals surface area (Å²) >= 11 is 1.87. The van der Waals surface area contributed by atoms with Gasteiger partial charge in [0.2, 0.25) is 0 Å². The van der Waals surface area contributed by atoms with Crippen molar-refractivity contribution in [2.75, 3.05) is 5.75 Å². The zero-order valence-corrected chi connectivity index (χ0v) is 13.3. The van der Waals surface area contributed by atoms with E-state index >= 15 is 0 Å². The molecule has 3 N–H and O–H groups in total. The van der Waals surface area contributed by atoms with E-state index in [-0.39, 0.29) is 18.0 Å². The zero-order valence-electron chi connectivity index (χ0n) is 12.5. The average molecular weight is 302 g/mol. The highest BCUT2D eigenvalue weighted by atomic mass is 32.2. The Kier molecular flexibility index (Phi) is 7.19. The number of rotatable bonds is 7. The fraction of sp³-hybridized carbons (Fsp3) is 0.857. The third kappa shape index (κ3) is 5.61. The van der Waals surface area contributed by atoms with Gasteiger partial charge >= 0.3 is 12.0 Å². The predicted molar refractivity (Wildman–Crippen MR) is 82.1 cm³/mol. The number of urea groups is 1. The number of carboxylic acids is 1. The van der Waals surface area contributed by atoms with E-state index in [0.717, 1.165) is 25.0 Å². The van der Waals surface area contributed by atoms with Crippen molar-refractivity contribution < 1.29 is 14.7 Å². The summed E-state index contributed by atoms with van der Waals surface area (Å²) in [4.78, 5) is 23.1. The maximum atomic E-state index is 12.0. The second-order valence-electron chi connectivity index (χ2n) is 5.67. The Bertz CT molecular complexity index is 336. The number of carboxylic acid groups (broad SMARTS) is 1. The van der Waals surface area contributed by atoms with E-state index in [4.69, 9.17) is 5.11 Å². The Hall–Kier alpha value is -0.910. The third-order valence-corrected chi connectivity index (χ3v) is 4.79. The van der Waals surface area contributed by atoms with Crippen molar-refractivity contribution in [3.05, 3.63) is 0 Å². The van der Waals surface area contributed by atoms with Crippen molar-refractivity contribution in [1.29, 1.82) is 0 Å². The van der Waals surface area contributed by atoms with Gasteiger partial charge in [0.05, 0.1) is 0 Å². The second-order valence-corrected chi connectivity index (χ2v) is 7.19. The molecule has 0 aliphatic heterocycles. The molecule has 0 bridgehead atoms. The summed E-state index contributed by atoms with van der Waals surface area (Å²) in [6.45, 7) is 6.00. The number of amides is 2. The topological polar surface area (TPSA) is 78.4 Å². The normalized spacial score (nSPS) is 23.6. The van der Waals surface area contributed by atoms with Crippen molar-refractivity contribution in [2.24, 2.45) is 5.92 Å². The molecule has 1 rings (SSSR count). The first-order chi connectivity index (χ1) is 9.43. The average Bonchev–Trinajstić information content (AvgIpc) is 2.75. The maximum Gasteiger partial charge on any atom is 0.326 e. The molecule has 1 fully saturated rings. The van der Waals surface area contributed by atoms with Crippen molar-refractivity contribution in [1.82, 2.24) is 10.6 Å². The van der Waals surface area contributed by atoms with Crippen LogP contribution in [0.15, 0.2) is 0 Å². The molecule has 2 unspecified atom stereocenters. The lowest BCUT2D eigenvalue weighted by Gasteiger charge is -2.22. The van der Waals surface area contributed by atoms with Crippen LogP contribution in [-0.4, -0.2) is 40.2 Å². The molecule has 0 aromatic rings. The molecule has 0 heterocycles. The molecule has 5 nitrogen and oxygen atoms in total. The van der Waals surface area contributed by atoms with Crippen LogP contribution in [0.2, 0.25) is 0 Å². The van der Waals surface area contributed by atoms with Crippen LogP contribution in [0.5, 0.6) is 0 Å². The summed E-state index contributed by atoms with van der Waals surface area (Å²) in [5, 5.41) is 15.1. The minimum Gasteiger partial charge on any atom is -0.480 e. The fourth-order valence-corrected chi connectivity index (χ4v) is 3.76. The number of aliphatic carboxylic acids is 1. The number of thioether (sulfide) groups is 1. The van der Waals surface area contributed by atoms with Gasteiger partial charge in [-0.25, -0.2) is 9.59 Å². The molecule has 116 valence electrons. The standard InChI is InChI=1S/C14H26N2O3S/c1-4-20-12-7-5-6-10(12)15-14(19)16-11(13(17)18)8-9(2)3/h9-12H,4-8H2,1-3H3,(H,17,18)(H2,15,16,19)/t10?,11-,12?/m1/s1. The monoisotopic (exact) mass is 302 g/mol. The van der Waals surface area contributed by atoms with Crippen LogP contribution in [0.3, 0.4) is 0 Å². The van der Waals surface area contributed by atoms with Gasteiger partial charge in [-0.1, -0.05) is 27.2 Å². The summed E-state index contributed by atoms with van der Waals surface area (Å²) < 4.78 is 0. The Morgan fingerprint density at radius 3 is 2.60 bits per heavy atom. The van der Waals surface area contributed by atoms with Crippen LogP contribution < -0.4 is 10.6 Å². The van der Waals surface area contributed by atoms with E-state index in [9.17, 15) is 9.59 Å². The molecule has 2 amide bonds. The van der Waals surface area contributed by atoms with Crippen LogP contribution >= 0.6 is 11.8 Å². The van der Waals surface area contributed by atoms with Gasteiger partial charge in [0, 0.05) is 11.3 Å². The SMILES string of the molecule is CCSC1CCCC1NC(=O)N[C@H](CC(C)C)C(=O)O. The molecule has 3 atom stereocenters. The maximum absolute atomic E-state index is 12.0. The van der Waals surface area contributed by atoms with E-state index < -0.39 is 12.0 Å². The highest BCUT2D eigenvalue weighted by Crippen LogP contribution is 2.29. The van der Waals surface area contributed by atoms with E-state index in [0.29, 0.717) is 11.7 Å². The fourth-order valence-electron chi connectivity index (χ4n) is 2.57. The predicted octanol–water partition coefficient (Wildman–Crippen LogP) is 2.46. The Morgan fingerprint density at radius 2 is 2.05 bits per heavy atom. The number of hydrogen-bond donors (Lipinski definition) is 3. The lowest BCUT2D eigenvalue weighted by molar-refractivity contribution is -0.139. The van der Waals surface area contributed by atoms with Crippen molar-refractivity contribution in [2.45, 2.75) is 63.8 Å². The lowest BCUT2D eigenvalue weighted by Crippen LogP contribution is -2.50. The number of carbonyl (C=O) groups excluding carboxylic acids is 1. The molecule has 0 aromatic carbocycles. The van der Waals surface area contributed by atoms with Gasteiger partial charge in [0.15, 0.2) is 0 Å². The van der Waals surface area contributed by atoms with Gasteiger partial charge in [-0.05, 0) is 30.9 Å². The number of hydrogen-bond acceptors (Lipinski definition) is 3. The van der Waals surface area contributed by atoms with Crippen LogP contribution in [-0.2, 0) is 4.79 Å². The van der Waals surface area contributed by atoms with Gasteiger partial charge in [-0.3, -0.25) is 0 Å². The van der Waals surface area contributed by atoms with E-state index in [1.54, 1.807) is 0 Å².